The van der Waals surface area contributed by atoms with Crippen molar-refractivity contribution in [3.8, 4) is 0 Å². The molecule has 18 heavy (non-hydrogen) atoms. The van der Waals surface area contributed by atoms with Gasteiger partial charge in [-0.3, -0.25) is 4.98 Å². The van der Waals surface area contributed by atoms with Crippen molar-refractivity contribution in [1.82, 2.24) is 15.0 Å². The summed E-state index contributed by atoms with van der Waals surface area (Å²) >= 11 is 1.42. The molecule has 2 N–H and O–H groups in total. The first-order chi connectivity index (χ1) is 8.83. The number of aliphatic hydroxyl groups excluding tert-OH is 1. The molecule has 0 saturated heterocycles. The standard InChI is InChI=1S/C12H10N4OS/c17-11(16-12-13-5-6-18-12)10-7-14-8-3-1-2-4-9(8)15-10/h1-7,11,17H,(H,13,16). The van der Waals surface area contributed by atoms with E-state index in [9.17, 15) is 5.11 Å². The van der Waals surface area contributed by atoms with Gasteiger partial charge in [-0.2, -0.15) is 0 Å². The van der Waals surface area contributed by atoms with Crippen LogP contribution in [0.1, 0.15) is 11.9 Å². The quantitative estimate of drug-likeness (QED) is 0.705. The second-order valence-electron chi connectivity index (χ2n) is 3.67. The Labute approximate surface area is 107 Å². The van der Waals surface area contributed by atoms with E-state index in [1.165, 1.54) is 11.3 Å². The van der Waals surface area contributed by atoms with Gasteiger partial charge in [-0.05, 0) is 12.1 Å². The molecule has 0 aliphatic rings. The highest BCUT2D eigenvalue weighted by molar-refractivity contribution is 7.13. The smallest absolute Gasteiger partial charge is 0.184 e. The van der Waals surface area contributed by atoms with Crippen LogP contribution >= 0.6 is 11.3 Å². The van der Waals surface area contributed by atoms with Crippen LogP contribution in [0.5, 0.6) is 0 Å². The third kappa shape index (κ3) is 2.15. The van der Waals surface area contributed by atoms with E-state index in [2.05, 4.69) is 20.3 Å². The van der Waals surface area contributed by atoms with Crippen LogP contribution in [0, 0.1) is 0 Å². The third-order valence-electron chi connectivity index (χ3n) is 2.44. The molecule has 5 nitrogen and oxygen atoms in total. The molecule has 3 aromatic rings. The number of hydrogen-bond acceptors (Lipinski definition) is 6. The molecule has 90 valence electrons. The van der Waals surface area contributed by atoms with E-state index < -0.39 is 6.23 Å². The van der Waals surface area contributed by atoms with Crippen molar-refractivity contribution in [3.05, 3.63) is 47.7 Å². The molecule has 0 bridgehead atoms. The molecule has 0 aliphatic carbocycles. The highest BCUT2D eigenvalue weighted by Gasteiger charge is 2.11. The summed E-state index contributed by atoms with van der Waals surface area (Å²) in [7, 11) is 0. The van der Waals surface area contributed by atoms with Crippen LogP contribution < -0.4 is 5.32 Å². The zero-order valence-electron chi connectivity index (χ0n) is 9.32. The van der Waals surface area contributed by atoms with Crippen LogP contribution in [0.3, 0.4) is 0 Å². The number of benzene rings is 1. The van der Waals surface area contributed by atoms with E-state index in [0.717, 1.165) is 11.0 Å². The van der Waals surface area contributed by atoms with Gasteiger partial charge in [0.05, 0.1) is 17.2 Å². The van der Waals surface area contributed by atoms with Gasteiger partial charge in [0.1, 0.15) is 5.69 Å². The lowest BCUT2D eigenvalue weighted by atomic mass is 10.3. The van der Waals surface area contributed by atoms with E-state index in [-0.39, 0.29) is 0 Å². The largest absolute Gasteiger partial charge is 0.368 e. The van der Waals surface area contributed by atoms with E-state index in [0.29, 0.717) is 10.8 Å². The molecule has 0 spiro atoms. The minimum Gasteiger partial charge on any atom is -0.368 e. The van der Waals surface area contributed by atoms with Crippen LogP contribution in [0.15, 0.2) is 42.0 Å². The van der Waals surface area contributed by atoms with Crippen LogP contribution in [0.25, 0.3) is 11.0 Å². The van der Waals surface area contributed by atoms with Crippen molar-refractivity contribution in [1.29, 1.82) is 0 Å². The highest BCUT2D eigenvalue weighted by Crippen LogP contribution is 2.18. The number of thiazole rings is 1. The molecule has 2 aromatic heterocycles. The summed E-state index contributed by atoms with van der Waals surface area (Å²) < 4.78 is 0. The Kier molecular flexibility index (Phi) is 2.87. The van der Waals surface area contributed by atoms with Gasteiger partial charge >= 0.3 is 0 Å². The van der Waals surface area contributed by atoms with Crippen molar-refractivity contribution in [2.75, 3.05) is 5.32 Å². The summed E-state index contributed by atoms with van der Waals surface area (Å²) in [5.41, 5.74) is 2.04. The Morgan fingerprint density at radius 2 is 2.00 bits per heavy atom. The number of hydrogen-bond donors (Lipinski definition) is 2. The number of anilines is 1. The van der Waals surface area contributed by atoms with E-state index in [1.54, 1.807) is 12.4 Å². The number of nitrogens with zero attached hydrogens (tertiary/aromatic N) is 3. The topological polar surface area (TPSA) is 70.9 Å². The minimum atomic E-state index is -0.909. The second kappa shape index (κ2) is 4.67. The second-order valence-corrected chi connectivity index (χ2v) is 4.56. The summed E-state index contributed by atoms with van der Waals surface area (Å²) in [6, 6.07) is 7.54. The lowest BCUT2D eigenvalue weighted by molar-refractivity contribution is 0.203. The van der Waals surface area contributed by atoms with Gasteiger partial charge in [0.25, 0.3) is 0 Å². The number of nitrogens with one attached hydrogen (secondary N) is 1. The van der Waals surface area contributed by atoms with E-state index in [1.807, 2.05) is 29.6 Å². The lowest BCUT2D eigenvalue weighted by Gasteiger charge is -2.11. The molecule has 0 amide bonds. The summed E-state index contributed by atoms with van der Waals surface area (Å²) in [5, 5.41) is 15.4. The van der Waals surface area contributed by atoms with Gasteiger partial charge in [0.15, 0.2) is 11.4 Å². The fourth-order valence-corrected chi connectivity index (χ4v) is 2.14. The van der Waals surface area contributed by atoms with Gasteiger partial charge in [0.2, 0.25) is 0 Å². The average molecular weight is 258 g/mol. The average Bonchev–Trinajstić information content (AvgIpc) is 2.91. The summed E-state index contributed by atoms with van der Waals surface area (Å²) in [4.78, 5) is 12.7. The Hall–Kier alpha value is -2.05. The third-order valence-corrected chi connectivity index (χ3v) is 3.14. The maximum atomic E-state index is 10.0. The van der Waals surface area contributed by atoms with Crippen molar-refractivity contribution < 1.29 is 5.11 Å². The highest BCUT2D eigenvalue weighted by atomic mass is 32.1. The van der Waals surface area contributed by atoms with Crippen molar-refractivity contribution in [2.24, 2.45) is 0 Å². The summed E-state index contributed by atoms with van der Waals surface area (Å²) in [6.45, 7) is 0. The molecular weight excluding hydrogens is 248 g/mol. The van der Waals surface area contributed by atoms with Crippen molar-refractivity contribution in [3.63, 3.8) is 0 Å². The molecular formula is C12H10N4OS. The predicted molar refractivity (Wildman–Crippen MR) is 70.2 cm³/mol. The van der Waals surface area contributed by atoms with Crippen molar-refractivity contribution in [2.45, 2.75) is 6.23 Å². The Bertz CT molecular complexity index is 656. The zero-order valence-corrected chi connectivity index (χ0v) is 10.1. The Morgan fingerprint density at radius 1 is 1.17 bits per heavy atom. The van der Waals surface area contributed by atoms with Crippen LogP contribution in [-0.2, 0) is 0 Å². The molecule has 1 atom stereocenters. The number of aliphatic hydroxyl groups is 1. The van der Waals surface area contributed by atoms with E-state index in [4.69, 9.17) is 0 Å². The molecule has 0 radical (unpaired) electrons. The monoisotopic (exact) mass is 258 g/mol. The van der Waals surface area contributed by atoms with Gasteiger partial charge in [-0.1, -0.05) is 12.1 Å². The fraction of sp³-hybridized carbons (Fsp3) is 0.0833. The first kappa shape index (κ1) is 11.1. The molecule has 6 heteroatoms. The minimum absolute atomic E-state index is 0.476. The maximum Gasteiger partial charge on any atom is 0.184 e. The number of aromatic nitrogens is 3. The molecule has 3 rings (SSSR count). The number of para-hydroxylation sites is 2. The molecule has 1 unspecified atom stereocenters. The summed E-state index contributed by atoms with van der Waals surface area (Å²) in [5.74, 6) is 0. The predicted octanol–water partition coefficient (Wildman–Crippen LogP) is 2.19. The van der Waals surface area contributed by atoms with Gasteiger partial charge in [-0.25, -0.2) is 9.97 Å². The van der Waals surface area contributed by atoms with Gasteiger partial charge in [0, 0.05) is 11.6 Å². The number of fused-ring (bicyclic) bond motifs is 1. The van der Waals surface area contributed by atoms with Gasteiger partial charge in [-0.15, -0.1) is 11.3 Å². The molecule has 1 aromatic carbocycles. The van der Waals surface area contributed by atoms with Gasteiger partial charge < -0.3 is 10.4 Å². The normalized spacial score (nSPS) is 12.5. The zero-order chi connectivity index (χ0) is 12.4. The Balaban J connectivity index is 1.89. The molecule has 2 heterocycles. The molecule has 0 saturated carbocycles. The summed E-state index contributed by atoms with van der Waals surface area (Å²) in [6.07, 6.45) is 2.33. The van der Waals surface area contributed by atoms with Crippen LogP contribution in [-0.4, -0.2) is 20.1 Å². The first-order valence-electron chi connectivity index (χ1n) is 5.39. The van der Waals surface area contributed by atoms with Crippen LogP contribution in [0.2, 0.25) is 0 Å². The maximum absolute atomic E-state index is 10.0. The lowest BCUT2D eigenvalue weighted by Crippen LogP contribution is -2.11. The molecule has 0 fully saturated rings. The van der Waals surface area contributed by atoms with Crippen molar-refractivity contribution >= 4 is 27.5 Å². The van der Waals surface area contributed by atoms with Crippen LogP contribution in [0.4, 0.5) is 5.13 Å². The first-order valence-corrected chi connectivity index (χ1v) is 6.27. The number of rotatable bonds is 3. The molecule has 0 aliphatic heterocycles. The Morgan fingerprint density at radius 3 is 2.78 bits per heavy atom. The fourth-order valence-electron chi connectivity index (χ4n) is 1.59. The SMILES string of the molecule is OC(Nc1nccs1)c1cnc2ccccc2n1. The van der Waals surface area contributed by atoms with E-state index >= 15 is 0 Å².